The Morgan fingerprint density at radius 2 is 2.05 bits per heavy atom. The zero-order valence-corrected chi connectivity index (χ0v) is 12.7. The van der Waals surface area contributed by atoms with Crippen LogP contribution in [0.3, 0.4) is 0 Å². The van der Waals surface area contributed by atoms with Crippen LogP contribution in [0, 0.1) is 17.2 Å². The van der Waals surface area contributed by atoms with Gasteiger partial charge in [-0.3, -0.25) is 4.79 Å². The molecular formula is C16H22N2O3. The van der Waals surface area contributed by atoms with E-state index in [1.54, 1.807) is 38.1 Å². The number of ether oxygens (including phenoxy) is 1. The normalized spacial score (nSPS) is 14.6. The topological polar surface area (TPSA) is 82.3 Å². The SMILES string of the molecule is CC(O)CC(C)CNC(=O)C(C)Oc1ccccc1C#N. The van der Waals surface area contributed by atoms with Crippen LogP contribution in [0.25, 0.3) is 0 Å². The third-order valence-corrected chi connectivity index (χ3v) is 3.05. The predicted octanol–water partition coefficient (Wildman–Crippen LogP) is 1.85. The van der Waals surface area contributed by atoms with Crippen molar-refractivity contribution in [3.8, 4) is 11.8 Å². The maximum Gasteiger partial charge on any atom is 0.260 e. The lowest BCUT2D eigenvalue weighted by Crippen LogP contribution is -2.39. The van der Waals surface area contributed by atoms with E-state index in [-0.39, 0.29) is 17.9 Å². The van der Waals surface area contributed by atoms with Crippen molar-refractivity contribution in [2.24, 2.45) is 5.92 Å². The van der Waals surface area contributed by atoms with Crippen molar-refractivity contribution < 1.29 is 14.6 Å². The zero-order chi connectivity index (χ0) is 15.8. The van der Waals surface area contributed by atoms with Gasteiger partial charge >= 0.3 is 0 Å². The summed E-state index contributed by atoms with van der Waals surface area (Å²) in [5, 5.41) is 21.0. The highest BCUT2D eigenvalue weighted by molar-refractivity contribution is 5.80. The summed E-state index contributed by atoms with van der Waals surface area (Å²) in [7, 11) is 0. The average molecular weight is 290 g/mol. The third-order valence-electron chi connectivity index (χ3n) is 3.05. The number of benzene rings is 1. The van der Waals surface area contributed by atoms with Crippen molar-refractivity contribution in [1.82, 2.24) is 5.32 Å². The quantitative estimate of drug-likeness (QED) is 0.803. The molecule has 0 saturated carbocycles. The Morgan fingerprint density at radius 1 is 1.38 bits per heavy atom. The number of amides is 1. The van der Waals surface area contributed by atoms with Gasteiger partial charge in [0.1, 0.15) is 11.8 Å². The van der Waals surface area contributed by atoms with Gasteiger partial charge in [0.05, 0.1) is 11.7 Å². The second-order valence-electron chi connectivity index (χ2n) is 5.30. The number of carbonyl (C=O) groups excluding carboxylic acids is 1. The average Bonchev–Trinajstić information content (AvgIpc) is 2.44. The lowest BCUT2D eigenvalue weighted by molar-refractivity contribution is -0.127. The Balaban J connectivity index is 2.50. The van der Waals surface area contributed by atoms with Gasteiger partial charge in [-0.15, -0.1) is 0 Å². The number of nitrogens with zero attached hydrogens (tertiary/aromatic N) is 1. The molecule has 0 aliphatic rings. The van der Waals surface area contributed by atoms with Crippen LogP contribution in [0.2, 0.25) is 0 Å². The molecule has 5 heteroatoms. The summed E-state index contributed by atoms with van der Waals surface area (Å²) >= 11 is 0. The van der Waals surface area contributed by atoms with Crippen molar-refractivity contribution in [2.75, 3.05) is 6.54 Å². The standard InChI is InChI=1S/C16H22N2O3/c1-11(8-12(2)19)10-18-16(20)13(3)21-15-7-5-4-6-14(15)9-17/h4-7,11-13,19H,8,10H2,1-3H3,(H,18,20). The molecule has 1 rings (SSSR count). The van der Waals surface area contributed by atoms with Crippen molar-refractivity contribution >= 4 is 5.91 Å². The number of rotatable bonds is 7. The smallest absolute Gasteiger partial charge is 0.260 e. The summed E-state index contributed by atoms with van der Waals surface area (Å²) < 4.78 is 5.53. The van der Waals surface area contributed by atoms with Gasteiger partial charge in [-0.2, -0.15) is 5.26 Å². The second kappa shape index (κ2) is 8.28. The number of nitriles is 1. The third kappa shape index (κ3) is 5.84. The van der Waals surface area contributed by atoms with Crippen LogP contribution < -0.4 is 10.1 Å². The lowest BCUT2D eigenvalue weighted by Gasteiger charge is -2.18. The molecule has 0 aliphatic heterocycles. The number of carbonyl (C=O) groups is 1. The first-order valence-electron chi connectivity index (χ1n) is 7.05. The minimum atomic E-state index is -0.682. The highest BCUT2D eigenvalue weighted by Crippen LogP contribution is 2.18. The number of aliphatic hydroxyl groups is 1. The molecule has 114 valence electrons. The van der Waals surface area contributed by atoms with E-state index in [1.165, 1.54) is 0 Å². The molecule has 1 aromatic rings. The number of nitrogens with one attached hydrogen (secondary N) is 1. The van der Waals surface area contributed by atoms with Crippen LogP contribution >= 0.6 is 0 Å². The molecule has 3 atom stereocenters. The number of hydrogen-bond donors (Lipinski definition) is 2. The fourth-order valence-corrected chi connectivity index (χ4v) is 1.99. The molecule has 1 amide bonds. The summed E-state index contributed by atoms with van der Waals surface area (Å²) in [5.41, 5.74) is 0.402. The van der Waals surface area contributed by atoms with Gasteiger partial charge < -0.3 is 15.2 Å². The first kappa shape index (κ1) is 17.0. The summed E-state index contributed by atoms with van der Waals surface area (Å²) in [6, 6.07) is 8.84. The minimum Gasteiger partial charge on any atom is -0.480 e. The van der Waals surface area contributed by atoms with Gasteiger partial charge in [0, 0.05) is 6.54 Å². The maximum absolute atomic E-state index is 12.0. The highest BCUT2D eigenvalue weighted by Gasteiger charge is 2.17. The first-order valence-corrected chi connectivity index (χ1v) is 7.05. The van der Waals surface area contributed by atoms with E-state index >= 15 is 0 Å². The largest absolute Gasteiger partial charge is 0.480 e. The number of hydrogen-bond acceptors (Lipinski definition) is 4. The Kier molecular flexibility index (Phi) is 6.70. The molecule has 0 spiro atoms. The first-order chi connectivity index (χ1) is 9.93. The van der Waals surface area contributed by atoms with Gasteiger partial charge in [0.2, 0.25) is 0 Å². The summed E-state index contributed by atoms with van der Waals surface area (Å²) in [6.07, 6.45) is -0.432. The molecule has 5 nitrogen and oxygen atoms in total. The molecule has 3 unspecified atom stereocenters. The Hall–Kier alpha value is -2.06. The monoisotopic (exact) mass is 290 g/mol. The molecule has 0 aliphatic carbocycles. The maximum atomic E-state index is 12.0. The van der Waals surface area contributed by atoms with E-state index in [4.69, 9.17) is 10.00 Å². The molecule has 0 saturated heterocycles. The van der Waals surface area contributed by atoms with Crippen molar-refractivity contribution in [3.05, 3.63) is 29.8 Å². The molecule has 2 N–H and O–H groups in total. The van der Waals surface area contributed by atoms with Crippen LogP contribution in [0.4, 0.5) is 0 Å². The summed E-state index contributed by atoms with van der Waals surface area (Å²) in [4.78, 5) is 12.0. The van der Waals surface area contributed by atoms with E-state index in [0.717, 1.165) is 0 Å². The molecule has 0 radical (unpaired) electrons. The number of para-hydroxylation sites is 1. The Morgan fingerprint density at radius 3 is 2.67 bits per heavy atom. The zero-order valence-electron chi connectivity index (χ0n) is 12.7. The molecule has 0 fully saturated rings. The van der Waals surface area contributed by atoms with Crippen molar-refractivity contribution in [3.63, 3.8) is 0 Å². The van der Waals surface area contributed by atoms with Crippen LogP contribution in [-0.2, 0) is 4.79 Å². The fourth-order valence-electron chi connectivity index (χ4n) is 1.99. The molecular weight excluding hydrogens is 268 g/mol. The van der Waals surface area contributed by atoms with Crippen LogP contribution in [0.15, 0.2) is 24.3 Å². The van der Waals surface area contributed by atoms with E-state index in [2.05, 4.69) is 5.32 Å². The van der Waals surface area contributed by atoms with Crippen molar-refractivity contribution in [2.45, 2.75) is 39.4 Å². The van der Waals surface area contributed by atoms with Gasteiger partial charge in [-0.1, -0.05) is 19.1 Å². The molecule has 1 aromatic carbocycles. The van der Waals surface area contributed by atoms with Crippen LogP contribution in [0.1, 0.15) is 32.8 Å². The van der Waals surface area contributed by atoms with Crippen molar-refractivity contribution in [1.29, 1.82) is 5.26 Å². The Labute approximate surface area is 125 Å². The van der Waals surface area contributed by atoms with Crippen LogP contribution in [-0.4, -0.2) is 29.8 Å². The van der Waals surface area contributed by atoms with Gasteiger partial charge in [0.15, 0.2) is 6.10 Å². The van der Waals surface area contributed by atoms with E-state index in [9.17, 15) is 9.90 Å². The minimum absolute atomic E-state index is 0.188. The molecule has 0 bridgehead atoms. The molecule has 0 aromatic heterocycles. The van der Waals surface area contributed by atoms with E-state index in [1.807, 2.05) is 13.0 Å². The second-order valence-corrected chi connectivity index (χ2v) is 5.30. The number of aliphatic hydroxyl groups excluding tert-OH is 1. The summed E-state index contributed by atoms with van der Waals surface area (Å²) in [6.45, 7) is 5.81. The lowest BCUT2D eigenvalue weighted by atomic mass is 10.0. The predicted molar refractivity (Wildman–Crippen MR) is 79.7 cm³/mol. The van der Waals surface area contributed by atoms with E-state index in [0.29, 0.717) is 24.3 Å². The summed E-state index contributed by atoms with van der Waals surface area (Å²) in [5.74, 6) is 0.354. The van der Waals surface area contributed by atoms with Crippen LogP contribution in [0.5, 0.6) is 5.75 Å². The Bertz CT molecular complexity index is 508. The van der Waals surface area contributed by atoms with E-state index < -0.39 is 6.10 Å². The molecule has 21 heavy (non-hydrogen) atoms. The van der Waals surface area contributed by atoms with Gasteiger partial charge in [0.25, 0.3) is 5.91 Å². The fraction of sp³-hybridized carbons (Fsp3) is 0.500. The highest BCUT2D eigenvalue weighted by atomic mass is 16.5. The molecule has 0 heterocycles. The van der Waals surface area contributed by atoms with Gasteiger partial charge in [-0.25, -0.2) is 0 Å². The van der Waals surface area contributed by atoms with Gasteiger partial charge in [-0.05, 0) is 38.3 Å².